The van der Waals surface area contributed by atoms with Gasteiger partial charge in [-0.05, 0) is 45.0 Å². The maximum absolute atomic E-state index is 11.5. The number of hydrogen-bond acceptors (Lipinski definition) is 7. The molecule has 2 aromatic rings. The van der Waals surface area contributed by atoms with Crippen molar-refractivity contribution >= 4 is 11.5 Å². The van der Waals surface area contributed by atoms with E-state index in [2.05, 4.69) is 20.2 Å². The summed E-state index contributed by atoms with van der Waals surface area (Å²) in [5, 5.41) is 14.6. The molecule has 1 aliphatic heterocycles. The Kier molecular flexibility index (Phi) is 5.96. The molecular weight excluding hydrogens is 334 g/mol. The lowest BCUT2D eigenvalue weighted by Gasteiger charge is -2.26. The summed E-state index contributed by atoms with van der Waals surface area (Å²) < 4.78 is 5.62. The summed E-state index contributed by atoms with van der Waals surface area (Å²) in [4.78, 5) is 21.4. The van der Waals surface area contributed by atoms with Crippen molar-refractivity contribution in [3.63, 3.8) is 0 Å². The molecule has 0 saturated carbocycles. The number of nitrogens with one attached hydrogen (secondary N) is 1. The van der Waals surface area contributed by atoms with Crippen molar-refractivity contribution in [3.05, 3.63) is 46.3 Å². The normalized spacial score (nSPS) is 14.8. The van der Waals surface area contributed by atoms with Crippen LogP contribution in [0.3, 0.4) is 0 Å². The average Bonchev–Trinajstić information content (AvgIpc) is 2.64. The molecule has 138 valence electrons. The third-order valence-corrected chi connectivity index (χ3v) is 4.38. The molecule has 1 saturated heterocycles. The van der Waals surface area contributed by atoms with Crippen molar-refractivity contribution in [2.75, 3.05) is 31.5 Å². The molecule has 1 N–H and O–H groups in total. The van der Waals surface area contributed by atoms with E-state index in [1.54, 1.807) is 12.1 Å². The molecule has 0 atom stereocenters. The molecule has 2 heterocycles. The third kappa shape index (κ3) is 4.66. The van der Waals surface area contributed by atoms with Crippen LogP contribution in [0.15, 0.2) is 30.6 Å². The van der Waals surface area contributed by atoms with E-state index in [0.717, 1.165) is 25.2 Å². The number of hydrogen-bond donors (Lipinski definition) is 1. The molecule has 3 rings (SSSR count). The number of nitro groups is 1. The highest BCUT2D eigenvalue weighted by Gasteiger charge is 2.25. The molecular formula is C18H23N5O3. The number of rotatable bonds is 7. The predicted octanol–water partition coefficient (Wildman–Crippen LogP) is 3.38. The minimum atomic E-state index is -0.507. The fourth-order valence-corrected chi connectivity index (χ4v) is 2.96. The summed E-state index contributed by atoms with van der Waals surface area (Å²) >= 11 is 0. The molecule has 0 amide bonds. The highest BCUT2D eigenvalue weighted by Crippen LogP contribution is 2.33. The topological polar surface area (TPSA) is 93.4 Å². The van der Waals surface area contributed by atoms with Crippen molar-refractivity contribution in [2.45, 2.75) is 26.2 Å². The standard InChI is InChI=1S/C18H23N5O3/c1-14-5-7-15(8-6-14)26-18-16(23(24)25)17(20-13-21-18)19-9-12-22-10-3-2-4-11-22/h5-8,13H,2-4,9-12H2,1H3,(H,19,20,21). The Hall–Kier alpha value is -2.74. The molecule has 26 heavy (non-hydrogen) atoms. The highest BCUT2D eigenvalue weighted by molar-refractivity contribution is 5.61. The van der Waals surface area contributed by atoms with Crippen LogP contribution in [-0.4, -0.2) is 46.0 Å². The maximum Gasteiger partial charge on any atom is 0.373 e. The minimum absolute atomic E-state index is 0.0608. The Morgan fingerprint density at radius 1 is 1.19 bits per heavy atom. The summed E-state index contributed by atoms with van der Waals surface area (Å²) in [5.74, 6) is 0.620. The van der Waals surface area contributed by atoms with Crippen LogP contribution in [0.4, 0.5) is 11.5 Å². The SMILES string of the molecule is Cc1ccc(Oc2ncnc(NCCN3CCCCC3)c2[N+](=O)[O-])cc1. The first-order chi connectivity index (χ1) is 12.6. The van der Waals surface area contributed by atoms with Crippen molar-refractivity contribution in [3.8, 4) is 11.6 Å². The first kappa shape index (κ1) is 18.1. The molecule has 0 aliphatic carbocycles. The molecule has 0 radical (unpaired) electrons. The second-order valence-electron chi connectivity index (χ2n) is 6.38. The molecule has 0 bridgehead atoms. The van der Waals surface area contributed by atoms with Crippen LogP contribution < -0.4 is 10.1 Å². The number of nitrogens with zero attached hydrogens (tertiary/aromatic N) is 4. The van der Waals surface area contributed by atoms with Gasteiger partial charge >= 0.3 is 11.6 Å². The third-order valence-electron chi connectivity index (χ3n) is 4.38. The van der Waals surface area contributed by atoms with Gasteiger partial charge in [-0.15, -0.1) is 0 Å². The molecule has 1 aromatic heterocycles. The van der Waals surface area contributed by atoms with Gasteiger partial charge in [0, 0.05) is 13.1 Å². The second-order valence-corrected chi connectivity index (χ2v) is 6.38. The second kappa shape index (κ2) is 8.57. The van der Waals surface area contributed by atoms with Gasteiger partial charge in [0.15, 0.2) is 0 Å². The molecule has 8 nitrogen and oxygen atoms in total. The Balaban J connectivity index is 1.70. The predicted molar refractivity (Wildman–Crippen MR) is 98.7 cm³/mol. The summed E-state index contributed by atoms with van der Waals surface area (Å²) in [6.45, 7) is 5.53. The van der Waals surface area contributed by atoms with Gasteiger partial charge in [-0.3, -0.25) is 10.1 Å². The molecule has 1 aliphatic rings. The lowest BCUT2D eigenvalue weighted by Crippen LogP contribution is -2.33. The van der Waals surface area contributed by atoms with E-state index in [0.29, 0.717) is 12.3 Å². The zero-order valence-electron chi connectivity index (χ0n) is 14.9. The van der Waals surface area contributed by atoms with Gasteiger partial charge in [0.05, 0.1) is 4.92 Å². The summed E-state index contributed by atoms with van der Waals surface area (Å²) in [7, 11) is 0. The van der Waals surface area contributed by atoms with Crippen LogP contribution in [0.25, 0.3) is 0 Å². The number of aromatic nitrogens is 2. The van der Waals surface area contributed by atoms with E-state index in [1.165, 1.54) is 25.6 Å². The largest absolute Gasteiger partial charge is 0.434 e. The van der Waals surface area contributed by atoms with Gasteiger partial charge in [0.2, 0.25) is 5.82 Å². The average molecular weight is 357 g/mol. The van der Waals surface area contributed by atoms with Gasteiger partial charge in [0.1, 0.15) is 12.1 Å². The van der Waals surface area contributed by atoms with Crippen molar-refractivity contribution in [2.24, 2.45) is 0 Å². The van der Waals surface area contributed by atoms with Crippen LogP contribution in [-0.2, 0) is 0 Å². The quantitative estimate of drug-likeness (QED) is 0.599. The Morgan fingerprint density at radius 2 is 1.92 bits per heavy atom. The minimum Gasteiger partial charge on any atom is -0.434 e. The van der Waals surface area contributed by atoms with Gasteiger partial charge in [-0.1, -0.05) is 24.1 Å². The molecule has 1 fully saturated rings. The zero-order chi connectivity index (χ0) is 18.4. The van der Waals surface area contributed by atoms with Crippen molar-refractivity contribution < 1.29 is 9.66 Å². The first-order valence-electron chi connectivity index (χ1n) is 8.83. The summed E-state index contributed by atoms with van der Waals surface area (Å²) in [5.41, 5.74) is 0.835. The number of ether oxygens (including phenoxy) is 1. The fourth-order valence-electron chi connectivity index (χ4n) is 2.96. The van der Waals surface area contributed by atoms with Crippen LogP contribution in [0.2, 0.25) is 0 Å². The van der Waals surface area contributed by atoms with Gasteiger partial charge < -0.3 is 15.0 Å². The first-order valence-corrected chi connectivity index (χ1v) is 8.83. The van der Waals surface area contributed by atoms with Gasteiger partial charge in [-0.2, -0.15) is 4.98 Å². The van der Waals surface area contributed by atoms with E-state index in [4.69, 9.17) is 4.74 Å². The van der Waals surface area contributed by atoms with Crippen LogP contribution in [0, 0.1) is 17.0 Å². The highest BCUT2D eigenvalue weighted by atomic mass is 16.6. The number of benzene rings is 1. The van der Waals surface area contributed by atoms with Crippen LogP contribution in [0.5, 0.6) is 11.6 Å². The molecule has 0 unspecified atom stereocenters. The summed E-state index contributed by atoms with van der Waals surface area (Å²) in [6.07, 6.45) is 4.98. The monoisotopic (exact) mass is 357 g/mol. The van der Waals surface area contributed by atoms with Crippen LogP contribution in [0.1, 0.15) is 24.8 Å². The van der Waals surface area contributed by atoms with Gasteiger partial charge in [0.25, 0.3) is 0 Å². The molecule has 8 heteroatoms. The lowest BCUT2D eigenvalue weighted by molar-refractivity contribution is -0.385. The zero-order valence-corrected chi connectivity index (χ0v) is 14.9. The number of likely N-dealkylation sites (tertiary alicyclic amines) is 1. The Bertz CT molecular complexity index is 745. The Morgan fingerprint density at radius 3 is 2.62 bits per heavy atom. The van der Waals surface area contributed by atoms with E-state index in [9.17, 15) is 10.1 Å². The van der Waals surface area contributed by atoms with E-state index < -0.39 is 4.92 Å². The van der Waals surface area contributed by atoms with Crippen LogP contribution >= 0.6 is 0 Å². The van der Waals surface area contributed by atoms with E-state index in [1.807, 2.05) is 19.1 Å². The Labute approximate surface area is 152 Å². The number of aryl methyl sites for hydroxylation is 1. The summed E-state index contributed by atoms with van der Waals surface area (Å²) in [6, 6.07) is 7.26. The maximum atomic E-state index is 11.5. The number of anilines is 1. The van der Waals surface area contributed by atoms with Crippen molar-refractivity contribution in [1.29, 1.82) is 0 Å². The van der Waals surface area contributed by atoms with E-state index in [-0.39, 0.29) is 17.4 Å². The van der Waals surface area contributed by atoms with Gasteiger partial charge in [-0.25, -0.2) is 4.98 Å². The lowest BCUT2D eigenvalue weighted by atomic mass is 10.1. The smallest absolute Gasteiger partial charge is 0.373 e. The number of piperidine rings is 1. The molecule has 1 aromatic carbocycles. The van der Waals surface area contributed by atoms with E-state index >= 15 is 0 Å². The fraction of sp³-hybridized carbons (Fsp3) is 0.444. The molecule has 0 spiro atoms. The van der Waals surface area contributed by atoms with Crippen molar-refractivity contribution in [1.82, 2.24) is 14.9 Å².